The van der Waals surface area contributed by atoms with Crippen LogP contribution < -0.4 is 5.73 Å². The molecule has 0 saturated heterocycles. The van der Waals surface area contributed by atoms with Gasteiger partial charge in [0, 0.05) is 11.7 Å². The van der Waals surface area contributed by atoms with Gasteiger partial charge in [0.05, 0.1) is 11.4 Å². The van der Waals surface area contributed by atoms with Crippen molar-refractivity contribution < 1.29 is 0 Å². The second-order valence-corrected chi connectivity index (χ2v) is 4.88. The van der Waals surface area contributed by atoms with Gasteiger partial charge in [-0.1, -0.05) is 19.1 Å². The number of hydrogen-bond acceptors (Lipinski definition) is 2. The molecule has 1 heterocycles. The van der Waals surface area contributed by atoms with Gasteiger partial charge in [0.15, 0.2) is 0 Å². The molecule has 1 aromatic carbocycles. The van der Waals surface area contributed by atoms with Crippen LogP contribution in [0.15, 0.2) is 30.3 Å². The zero-order chi connectivity index (χ0) is 13.1. The smallest absolute Gasteiger partial charge is 0.0648 e. The Bertz CT molecular complexity index is 511. The van der Waals surface area contributed by atoms with E-state index in [9.17, 15) is 0 Å². The van der Waals surface area contributed by atoms with Crippen molar-refractivity contribution in [1.29, 1.82) is 0 Å². The van der Waals surface area contributed by atoms with Crippen molar-refractivity contribution >= 4 is 0 Å². The molecule has 0 bridgehead atoms. The van der Waals surface area contributed by atoms with Gasteiger partial charge in [-0.25, -0.2) is 4.68 Å². The van der Waals surface area contributed by atoms with Crippen molar-refractivity contribution in [1.82, 2.24) is 9.78 Å². The Hall–Kier alpha value is -1.61. The van der Waals surface area contributed by atoms with Crippen LogP contribution >= 0.6 is 0 Å². The minimum atomic E-state index is 0.254. The van der Waals surface area contributed by atoms with Crippen LogP contribution in [0.1, 0.15) is 30.3 Å². The van der Waals surface area contributed by atoms with Crippen LogP contribution in [0.25, 0.3) is 5.69 Å². The Morgan fingerprint density at radius 2 is 1.89 bits per heavy atom. The number of hydrogen-bond donors (Lipinski definition) is 1. The van der Waals surface area contributed by atoms with Gasteiger partial charge in [0.25, 0.3) is 0 Å². The minimum Gasteiger partial charge on any atom is -0.327 e. The van der Waals surface area contributed by atoms with Gasteiger partial charge >= 0.3 is 0 Å². The number of aromatic nitrogens is 2. The molecule has 0 fully saturated rings. The number of benzene rings is 1. The highest BCUT2D eigenvalue weighted by molar-refractivity contribution is 5.36. The van der Waals surface area contributed by atoms with Gasteiger partial charge in [-0.3, -0.25) is 0 Å². The maximum atomic E-state index is 5.96. The quantitative estimate of drug-likeness (QED) is 0.897. The molecule has 1 unspecified atom stereocenters. The average Bonchev–Trinajstić information content (AvgIpc) is 2.69. The monoisotopic (exact) mass is 243 g/mol. The first-order valence-electron chi connectivity index (χ1n) is 6.48. The van der Waals surface area contributed by atoms with E-state index in [-0.39, 0.29) is 6.04 Å². The van der Waals surface area contributed by atoms with E-state index in [1.807, 2.05) is 11.6 Å². The van der Waals surface area contributed by atoms with E-state index in [1.54, 1.807) is 0 Å². The third kappa shape index (κ3) is 2.79. The molecule has 96 valence electrons. The van der Waals surface area contributed by atoms with Crippen molar-refractivity contribution in [2.75, 3.05) is 0 Å². The van der Waals surface area contributed by atoms with E-state index in [1.165, 1.54) is 5.56 Å². The average molecular weight is 243 g/mol. The first-order chi connectivity index (χ1) is 8.60. The van der Waals surface area contributed by atoms with E-state index >= 15 is 0 Å². The summed E-state index contributed by atoms with van der Waals surface area (Å²) >= 11 is 0. The lowest BCUT2D eigenvalue weighted by molar-refractivity contribution is 0.646. The fraction of sp³-hybridized carbons (Fsp3) is 0.400. The van der Waals surface area contributed by atoms with E-state index in [2.05, 4.69) is 49.3 Å². The molecule has 0 aliphatic rings. The third-order valence-corrected chi connectivity index (χ3v) is 3.21. The summed E-state index contributed by atoms with van der Waals surface area (Å²) in [6, 6.07) is 10.8. The lowest BCUT2D eigenvalue weighted by atomic mass is 10.0. The Morgan fingerprint density at radius 1 is 1.22 bits per heavy atom. The molecule has 2 N–H and O–H groups in total. The maximum Gasteiger partial charge on any atom is 0.0648 e. The van der Waals surface area contributed by atoms with Gasteiger partial charge in [-0.2, -0.15) is 5.10 Å². The van der Waals surface area contributed by atoms with Gasteiger partial charge in [0.1, 0.15) is 0 Å². The van der Waals surface area contributed by atoms with Crippen molar-refractivity contribution in [3.63, 3.8) is 0 Å². The number of nitrogens with two attached hydrogens (primary N) is 1. The summed E-state index contributed by atoms with van der Waals surface area (Å²) in [5.41, 5.74) is 10.6. The number of nitrogens with zero attached hydrogens (tertiary/aromatic N) is 2. The predicted molar refractivity (Wildman–Crippen MR) is 75.0 cm³/mol. The van der Waals surface area contributed by atoms with Gasteiger partial charge in [-0.05, 0) is 50.5 Å². The van der Waals surface area contributed by atoms with E-state index in [0.29, 0.717) is 0 Å². The molecule has 2 rings (SSSR count). The number of rotatable bonds is 4. The molecule has 2 aromatic rings. The standard InChI is InChI=1S/C15H21N3/c1-4-14(16)10-13-5-7-15(8-6-13)18-12(3)9-11(2)17-18/h5-9,14H,4,10,16H2,1-3H3. The highest BCUT2D eigenvalue weighted by Crippen LogP contribution is 2.14. The summed E-state index contributed by atoms with van der Waals surface area (Å²) in [6.07, 6.45) is 1.95. The summed E-state index contributed by atoms with van der Waals surface area (Å²) in [7, 11) is 0. The van der Waals surface area contributed by atoms with Gasteiger partial charge in [-0.15, -0.1) is 0 Å². The molecule has 0 saturated carbocycles. The molecular formula is C15H21N3. The molecular weight excluding hydrogens is 222 g/mol. The van der Waals surface area contributed by atoms with Crippen LogP contribution in [-0.2, 0) is 6.42 Å². The first-order valence-corrected chi connectivity index (χ1v) is 6.48. The van der Waals surface area contributed by atoms with Gasteiger partial charge < -0.3 is 5.73 Å². The van der Waals surface area contributed by atoms with Crippen molar-refractivity contribution in [2.45, 2.75) is 39.7 Å². The Balaban J connectivity index is 2.19. The summed E-state index contributed by atoms with van der Waals surface area (Å²) < 4.78 is 1.97. The van der Waals surface area contributed by atoms with Crippen LogP contribution in [0.5, 0.6) is 0 Å². The third-order valence-electron chi connectivity index (χ3n) is 3.21. The first kappa shape index (κ1) is 12.8. The highest BCUT2D eigenvalue weighted by Gasteiger charge is 2.05. The molecule has 0 spiro atoms. The molecule has 3 nitrogen and oxygen atoms in total. The summed E-state index contributed by atoms with van der Waals surface area (Å²) in [4.78, 5) is 0. The minimum absolute atomic E-state index is 0.254. The van der Waals surface area contributed by atoms with E-state index in [4.69, 9.17) is 5.73 Å². The normalized spacial score (nSPS) is 12.7. The van der Waals surface area contributed by atoms with Crippen LogP contribution in [-0.4, -0.2) is 15.8 Å². The molecule has 0 amide bonds. The lowest BCUT2D eigenvalue weighted by Crippen LogP contribution is -2.21. The van der Waals surface area contributed by atoms with Gasteiger partial charge in [0.2, 0.25) is 0 Å². The zero-order valence-electron chi connectivity index (χ0n) is 11.4. The fourth-order valence-corrected chi connectivity index (χ4v) is 2.11. The Morgan fingerprint density at radius 3 is 2.39 bits per heavy atom. The molecule has 1 atom stereocenters. The molecule has 18 heavy (non-hydrogen) atoms. The molecule has 0 radical (unpaired) electrons. The van der Waals surface area contributed by atoms with Crippen LogP contribution in [0, 0.1) is 13.8 Å². The highest BCUT2D eigenvalue weighted by atomic mass is 15.3. The second kappa shape index (κ2) is 5.36. The number of aryl methyl sites for hydroxylation is 2. The second-order valence-electron chi connectivity index (χ2n) is 4.88. The van der Waals surface area contributed by atoms with Crippen LogP contribution in [0.4, 0.5) is 0 Å². The zero-order valence-corrected chi connectivity index (χ0v) is 11.4. The van der Waals surface area contributed by atoms with E-state index in [0.717, 1.165) is 29.9 Å². The van der Waals surface area contributed by atoms with Crippen molar-refractivity contribution in [3.05, 3.63) is 47.3 Å². The van der Waals surface area contributed by atoms with Crippen molar-refractivity contribution in [3.8, 4) is 5.69 Å². The summed E-state index contributed by atoms with van der Waals surface area (Å²) in [6.45, 7) is 6.20. The Kier molecular flexibility index (Phi) is 3.82. The lowest BCUT2D eigenvalue weighted by Gasteiger charge is -2.10. The molecule has 3 heteroatoms. The Labute approximate surface area is 109 Å². The summed E-state index contributed by atoms with van der Waals surface area (Å²) in [5.74, 6) is 0. The summed E-state index contributed by atoms with van der Waals surface area (Å²) in [5, 5.41) is 4.48. The predicted octanol–water partition coefficient (Wildman–Crippen LogP) is 2.77. The van der Waals surface area contributed by atoms with Crippen molar-refractivity contribution in [2.24, 2.45) is 5.73 Å². The largest absolute Gasteiger partial charge is 0.327 e. The fourth-order valence-electron chi connectivity index (χ4n) is 2.11. The van der Waals surface area contributed by atoms with E-state index < -0.39 is 0 Å². The molecule has 0 aliphatic heterocycles. The SMILES string of the molecule is CCC(N)Cc1ccc(-n2nc(C)cc2C)cc1. The topological polar surface area (TPSA) is 43.8 Å². The maximum absolute atomic E-state index is 5.96. The molecule has 0 aliphatic carbocycles. The molecule has 1 aromatic heterocycles. The van der Waals surface area contributed by atoms with Crippen LogP contribution in [0.3, 0.4) is 0 Å². The van der Waals surface area contributed by atoms with Crippen LogP contribution in [0.2, 0.25) is 0 Å².